The molecule has 0 fully saturated rings. The normalized spacial score (nSPS) is 10.8. The summed E-state index contributed by atoms with van der Waals surface area (Å²) >= 11 is 0. The maximum Gasteiger partial charge on any atom is 0.325 e. The molecule has 2 aromatic carbocycles. The highest BCUT2D eigenvalue weighted by Crippen LogP contribution is 2.12. The molecule has 198 valence electrons. The third-order valence-corrected chi connectivity index (χ3v) is 6.50. The molecule has 3 N–H and O–H groups in total. The van der Waals surface area contributed by atoms with Gasteiger partial charge >= 0.3 is 5.97 Å². The van der Waals surface area contributed by atoms with Gasteiger partial charge in [0.1, 0.15) is 12.2 Å². The monoisotopic (exact) mass is 538 g/mol. The van der Waals surface area contributed by atoms with Gasteiger partial charge in [0, 0.05) is 18.3 Å². The zero-order valence-electron chi connectivity index (χ0n) is 20.5. The van der Waals surface area contributed by atoms with Crippen molar-refractivity contribution in [3.63, 3.8) is 0 Å². The fourth-order valence-electron chi connectivity index (χ4n) is 3.21. The summed E-state index contributed by atoms with van der Waals surface area (Å²) in [5.41, 5.74) is 1.16. The Bertz CT molecular complexity index is 1390. The Morgan fingerprint density at radius 2 is 1.50 bits per heavy atom. The summed E-state index contributed by atoms with van der Waals surface area (Å²) in [7, 11) is -4.24. The summed E-state index contributed by atoms with van der Waals surface area (Å²) in [5.74, 6) is -2.59. The molecule has 0 aliphatic rings. The lowest BCUT2D eigenvalue weighted by Crippen LogP contribution is -2.32. The molecular formula is C26H26N4O7S. The van der Waals surface area contributed by atoms with Gasteiger partial charge in [0.2, 0.25) is 0 Å². The van der Waals surface area contributed by atoms with E-state index in [0.29, 0.717) is 13.0 Å². The summed E-state index contributed by atoms with van der Waals surface area (Å²) in [5, 5.41) is 5.10. The Kier molecular flexibility index (Phi) is 9.66. The van der Waals surface area contributed by atoms with Gasteiger partial charge in [-0.25, -0.2) is 13.1 Å². The van der Waals surface area contributed by atoms with Gasteiger partial charge < -0.3 is 15.4 Å². The van der Waals surface area contributed by atoms with E-state index in [1.54, 1.807) is 6.92 Å². The molecule has 0 spiro atoms. The van der Waals surface area contributed by atoms with Crippen molar-refractivity contribution in [2.45, 2.75) is 18.2 Å². The predicted molar refractivity (Wildman–Crippen MR) is 137 cm³/mol. The zero-order chi connectivity index (χ0) is 27.5. The van der Waals surface area contributed by atoms with Crippen LogP contribution in [0.5, 0.6) is 0 Å². The van der Waals surface area contributed by atoms with Crippen molar-refractivity contribution < 1.29 is 32.3 Å². The molecule has 0 aliphatic carbocycles. The van der Waals surface area contributed by atoms with Crippen LogP contribution in [0, 0.1) is 0 Å². The molecule has 3 aromatic rings. The number of carbonyl (C=O) groups is 4. The molecule has 0 atom stereocenters. The number of sulfonamides is 1. The van der Waals surface area contributed by atoms with Crippen LogP contribution < -0.4 is 15.4 Å². The first-order chi connectivity index (χ1) is 18.2. The van der Waals surface area contributed by atoms with E-state index < -0.39 is 27.8 Å². The lowest BCUT2D eigenvalue weighted by atomic mass is 10.1. The molecule has 38 heavy (non-hydrogen) atoms. The Hall–Kier alpha value is -4.58. The number of benzene rings is 2. The van der Waals surface area contributed by atoms with Gasteiger partial charge in [-0.15, -0.1) is 0 Å². The second-order valence-corrected chi connectivity index (χ2v) is 9.55. The van der Waals surface area contributed by atoms with E-state index in [2.05, 4.69) is 15.6 Å². The third-order valence-electron chi connectivity index (χ3n) is 5.15. The molecule has 3 amide bonds. The van der Waals surface area contributed by atoms with E-state index in [-0.39, 0.29) is 40.8 Å². The van der Waals surface area contributed by atoms with Gasteiger partial charge in [-0.2, -0.15) is 0 Å². The molecule has 1 heterocycles. The van der Waals surface area contributed by atoms with E-state index in [1.807, 2.05) is 35.1 Å². The smallest absolute Gasteiger partial charge is 0.325 e. The molecule has 1 aromatic heterocycles. The minimum atomic E-state index is -4.24. The number of rotatable bonds is 11. The van der Waals surface area contributed by atoms with Gasteiger partial charge in [0.05, 0.1) is 17.1 Å². The second kappa shape index (κ2) is 13.1. The van der Waals surface area contributed by atoms with Crippen molar-refractivity contribution in [3.8, 4) is 0 Å². The number of carbonyl (C=O) groups excluding carboxylic acids is 4. The molecule has 12 heteroatoms. The number of hydrogen-bond donors (Lipinski definition) is 3. The van der Waals surface area contributed by atoms with Crippen LogP contribution in [0.15, 0.2) is 77.8 Å². The first-order valence-corrected chi connectivity index (χ1v) is 13.1. The summed E-state index contributed by atoms with van der Waals surface area (Å²) in [4.78, 5) is 51.8. The van der Waals surface area contributed by atoms with E-state index in [1.165, 1.54) is 36.4 Å². The number of esters is 1. The Labute approximate surface area is 219 Å². The number of ether oxygens (including phenoxy) is 1. The van der Waals surface area contributed by atoms with Crippen LogP contribution >= 0.6 is 0 Å². The maximum atomic E-state index is 12.6. The van der Waals surface area contributed by atoms with Crippen LogP contribution in [-0.2, 0) is 26.0 Å². The Morgan fingerprint density at radius 1 is 0.816 bits per heavy atom. The highest BCUT2D eigenvalue weighted by Gasteiger charge is 2.20. The van der Waals surface area contributed by atoms with Crippen molar-refractivity contribution in [3.05, 3.63) is 95.3 Å². The van der Waals surface area contributed by atoms with Crippen molar-refractivity contribution in [1.29, 1.82) is 0 Å². The second-order valence-electron chi connectivity index (χ2n) is 7.87. The van der Waals surface area contributed by atoms with Crippen molar-refractivity contribution in [2.24, 2.45) is 0 Å². The molecular weight excluding hydrogens is 512 g/mol. The molecule has 0 radical (unpaired) electrons. The fourth-order valence-corrected chi connectivity index (χ4v) is 4.18. The number of aromatic nitrogens is 1. The van der Waals surface area contributed by atoms with E-state index >= 15 is 0 Å². The molecule has 0 saturated carbocycles. The van der Waals surface area contributed by atoms with Crippen molar-refractivity contribution in [2.75, 3.05) is 19.7 Å². The molecule has 3 rings (SSSR count). The highest BCUT2D eigenvalue weighted by molar-refractivity contribution is 7.90. The van der Waals surface area contributed by atoms with Crippen LogP contribution in [0.1, 0.15) is 43.7 Å². The Balaban J connectivity index is 1.54. The zero-order valence-corrected chi connectivity index (χ0v) is 21.3. The number of amides is 3. The lowest BCUT2D eigenvalue weighted by molar-refractivity contribution is -0.141. The molecule has 0 bridgehead atoms. The van der Waals surface area contributed by atoms with Crippen molar-refractivity contribution >= 4 is 33.7 Å². The summed E-state index contributed by atoms with van der Waals surface area (Å²) < 4.78 is 31.9. The van der Waals surface area contributed by atoms with Crippen LogP contribution in [-0.4, -0.2) is 56.8 Å². The van der Waals surface area contributed by atoms with Gasteiger partial charge in [0.25, 0.3) is 27.7 Å². The van der Waals surface area contributed by atoms with Crippen LogP contribution in [0.25, 0.3) is 0 Å². The summed E-state index contributed by atoms with van der Waals surface area (Å²) in [6, 6.07) is 17.2. The third kappa shape index (κ3) is 7.96. The molecule has 0 saturated heterocycles. The first kappa shape index (κ1) is 28.0. The highest BCUT2D eigenvalue weighted by atomic mass is 32.2. The SMILES string of the molecule is CCOC(=O)CNC(=O)c1ccc(C(=O)NS(=O)(=O)c2ccc(C(=O)NCCc3ccccc3)cc2)cn1. The average Bonchev–Trinajstić information content (AvgIpc) is 2.92. The largest absolute Gasteiger partial charge is 0.465 e. The number of hydrogen-bond acceptors (Lipinski definition) is 8. The van der Waals surface area contributed by atoms with Gasteiger partial charge in [-0.1, -0.05) is 30.3 Å². The molecule has 0 aliphatic heterocycles. The standard InChI is InChI=1S/C26H26N4O7S/c1-2-37-23(31)17-29-26(34)22-13-10-20(16-28-22)25(33)30-38(35,36)21-11-8-19(9-12-21)24(32)27-15-14-18-6-4-3-5-7-18/h3-13,16H,2,14-15,17H2,1H3,(H,27,32)(H,29,34)(H,30,33). The average molecular weight is 539 g/mol. The van der Waals surface area contributed by atoms with E-state index in [0.717, 1.165) is 11.8 Å². The lowest BCUT2D eigenvalue weighted by Gasteiger charge is -2.09. The predicted octanol–water partition coefficient (Wildman–Crippen LogP) is 1.47. The number of nitrogens with zero attached hydrogens (tertiary/aromatic N) is 1. The van der Waals surface area contributed by atoms with Crippen LogP contribution in [0.2, 0.25) is 0 Å². The first-order valence-electron chi connectivity index (χ1n) is 11.6. The van der Waals surface area contributed by atoms with E-state index in [9.17, 15) is 27.6 Å². The topological polar surface area (TPSA) is 161 Å². The molecule has 0 unspecified atom stereocenters. The van der Waals surface area contributed by atoms with Gasteiger partial charge in [0.15, 0.2) is 0 Å². The van der Waals surface area contributed by atoms with Gasteiger partial charge in [-0.05, 0) is 55.3 Å². The summed E-state index contributed by atoms with van der Waals surface area (Å²) in [6.07, 6.45) is 1.69. The number of pyridine rings is 1. The maximum absolute atomic E-state index is 12.6. The van der Waals surface area contributed by atoms with E-state index in [4.69, 9.17) is 4.74 Å². The minimum Gasteiger partial charge on any atom is -0.465 e. The Morgan fingerprint density at radius 3 is 2.13 bits per heavy atom. The van der Waals surface area contributed by atoms with Crippen LogP contribution in [0.3, 0.4) is 0 Å². The minimum absolute atomic E-state index is 0.0775. The van der Waals surface area contributed by atoms with Crippen LogP contribution in [0.4, 0.5) is 0 Å². The quantitative estimate of drug-likeness (QED) is 0.309. The number of nitrogens with one attached hydrogen (secondary N) is 3. The fraction of sp³-hybridized carbons (Fsp3) is 0.192. The molecule has 11 nitrogen and oxygen atoms in total. The van der Waals surface area contributed by atoms with Gasteiger partial charge in [-0.3, -0.25) is 24.2 Å². The van der Waals surface area contributed by atoms with Crippen molar-refractivity contribution in [1.82, 2.24) is 20.3 Å². The summed E-state index contributed by atoms with van der Waals surface area (Å²) in [6.45, 7) is 1.88.